The normalized spacial score (nSPS) is 31.4. The Hall–Kier alpha value is -0.0900. The van der Waals surface area contributed by atoms with Gasteiger partial charge in [-0.25, -0.2) is 0 Å². The van der Waals surface area contributed by atoms with Gasteiger partial charge in [-0.05, 0) is 0 Å². The van der Waals surface area contributed by atoms with Crippen molar-refractivity contribution in [3.05, 3.63) is 11.6 Å². The highest BCUT2D eigenvalue weighted by Crippen LogP contribution is 2.51. The van der Waals surface area contributed by atoms with Gasteiger partial charge in [0, 0.05) is 25.0 Å². The van der Waals surface area contributed by atoms with Crippen LogP contribution in [-0.2, 0) is 16.3 Å². The Kier molecular flexibility index (Phi) is 2.31. The van der Waals surface area contributed by atoms with Crippen molar-refractivity contribution < 1.29 is 4.52 Å². The standard InChI is InChI=1S/C7H9OPS/c1-3-7-4-5-9(10,6-7)8-2/h1,4H,5-6H2,2H3. The van der Waals surface area contributed by atoms with Crippen molar-refractivity contribution in [3.63, 3.8) is 0 Å². The maximum absolute atomic E-state index is 5.25. The number of allylic oxidation sites excluding steroid dienone is 2. The predicted octanol–water partition coefficient (Wildman–Crippen LogP) is 1.60. The van der Waals surface area contributed by atoms with E-state index in [1.54, 1.807) is 7.11 Å². The molecule has 0 bridgehead atoms. The highest BCUT2D eigenvalue weighted by Gasteiger charge is 2.21. The third-order valence-corrected chi connectivity index (χ3v) is 5.05. The summed E-state index contributed by atoms with van der Waals surface area (Å²) in [6.45, 7) is 0. The van der Waals surface area contributed by atoms with Crippen LogP contribution in [0.5, 0.6) is 0 Å². The first-order chi connectivity index (χ1) is 4.70. The van der Waals surface area contributed by atoms with Crippen LogP contribution in [-0.4, -0.2) is 19.4 Å². The molecule has 1 rings (SSSR count). The largest absolute Gasteiger partial charge is 0.353 e. The highest BCUT2D eigenvalue weighted by atomic mass is 32.4. The van der Waals surface area contributed by atoms with Crippen LogP contribution in [0.15, 0.2) is 11.6 Å². The lowest BCUT2D eigenvalue weighted by molar-refractivity contribution is 0.463. The summed E-state index contributed by atoms with van der Waals surface area (Å²) >= 11 is 5.25. The zero-order chi connectivity index (χ0) is 7.61. The number of hydrogen-bond donors (Lipinski definition) is 0. The third-order valence-electron chi connectivity index (χ3n) is 1.55. The van der Waals surface area contributed by atoms with Gasteiger partial charge in [-0.3, -0.25) is 0 Å². The maximum Gasteiger partial charge on any atom is 0.0754 e. The van der Waals surface area contributed by atoms with Crippen LogP contribution >= 0.6 is 6.26 Å². The van der Waals surface area contributed by atoms with Gasteiger partial charge in [-0.15, -0.1) is 6.42 Å². The molecule has 1 nitrogen and oxygen atoms in total. The summed E-state index contributed by atoms with van der Waals surface area (Å²) in [5, 5.41) is 0. The van der Waals surface area contributed by atoms with Crippen LogP contribution in [0, 0.1) is 12.3 Å². The molecule has 0 aliphatic carbocycles. The summed E-state index contributed by atoms with van der Waals surface area (Å²) in [6.07, 6.45) is 7.39. The number of hydrogen-bond acceptors (Lipinski definition) is 2. The molecule has 0 radical (unpaired) electrons. The second-order valence-electron chi connectivity index (χ2n) is 2.21. The van der Waals surface area contributed by atoms with E-state index < -0.39 is 6.26 Å². The summed E-state index contributed by atoms with van der Waals surface area (Å²) in [6, 6.07) is 0. The van der Waals surface area contributed by atoms with E-state index in [-0.39, 0.29) is 0 Å². The average molecular weight is 172 g/mol. The lowest BCUT2D eigenvalue weighted by Gasteiger charge is -2.11. The minimum absolute atomic E-state index is 0.815. The van der Waals surface area contributed by atoms with Crippen molar-refractivity contribution in [3.8, 4) is 12.3 Å². The molecular weight excluding hydrogens is 163 g/mol. The van der Waals surface area contributed by atoms with Crippen LogP contribution in [0.25, 0.3) is 0 Å². The van der Waals surface area contributed by atoms with Gasteiger partial charge in [0.15, 0.2) is 0 Å². The van der Waals surface area contributed by atoms with E-state index in [9.17, 15) is 0 Å². The Balaban J connectivity index is 2.70. The van der Waals surface area contributed by atoms with Crippen molar-refractivity contribution in [2.24, 2.45) is 0 Å². The van der Waals surface area contributed by atoms with Gasteiger partial charge in [-0.2, -0.15) is 0 Å². The Morgan fingerprint density at radius 2 is 2.60 bits per heavy atom. The monoisotopic (exact) mass is 172 g/mol. The highest BCUT2D eigenvalue weighted by molar-refractivity contribution is 8.12. The number of rotatable bonds is 1. The summed E-state index contributed by atoms with van der Waals surface area (Å²) in [5.74, 6) is 2.60. The molecule has 1 atom stereocenters. The molecule has 0 aromatic carbocycles. The molecule has 0 aromatic rings. The molecule has 0 N–H and O–H groups in total. The third kappa shape index (κ3) is 1.49. The molecule has 0 fully saturated rings. The number of terminal acetylenes is 1. The van der Waals surface area contributed by atoms with Crippen LogP contribution in [0.2, 0.25) is 0 Å². The first-order valence-electron chi connectivity index (χ1n) is 3.00. The first kappa shape index (κ1) is 8.01. The minimum atomic E-state index is -1.53. The molecule has 0 amide bonds. The Morgan fingerprint density at radius 1 is 1.90 bits per heavy atom. The van der Waals surface area contributed by atoms with Gasteiger partial charge in [0.2, 0.25) is 0 Å². The van der Waals surface area contributed by atoms with Crippen molar-refractivity contribution >= 4 is 18.1 Å². The van der Waals surface area contributed by atoms with E-state index in [0.29, 0.717) is 0 Å². The molecule has 0 saturated heterocycles. The van der Waals surface area contributed by atoms with Crippen LogP contribution in [0.4, 0.5) is 0 Å². The second-order valence-corrected chi connectivity index (χ2v) is 6.88. The molecule has 3 heteroatoms. The second kappa shape index (κ2) is 2.88. The quantitative estimate of drug-likeness (QED) is 0.439. The Morgan fingerprint density at radius 3 is 2.90 bits per heavy atom. The molecule has 1 heterocycles. The fraction of sp³-hybridized carbons (Fsp3) is 0.429. The minimum Gasteiger partial charge on any atom is -0.353 e. The summed E-state index contributed by atoms with van der Waals surface area (Å²) in [4.78, 5) is 0. The van der Waals surface area contributed by atoms with E-state index in [1.165, 1.54) is 0 Å². The Bertz CT molecular complexity index is 249. The fourth-order valence-electron chi connectivity index (χ4n) is 0.882. The van der Waals surface area contributed by atoms with Gasteiger partial charge in [0.25, 0.3) is 0 Å². The lowest BCUT2D eigenvalue weighted by Crippen LogP contribution is -1.87. The van der Waals surface area contributed by atoms with E-state index in [2.05, 4.69) is 5.92 Å². The topological polar surface area (TPSA) is 9.23 Å². The molecular formula is C7H9OPS. The molecule has 1 aliphatic rings. The summed E-state index contributed by atoms with van der Waals surface area (Å²) in [5.41, 5.74) is 1.02. The van der Waals surface area contributed by atoms with Crippen molar-refractivity contribution in [1.29, 1.82) is 0 Å². The molecule has 54 valence electrons. The van der Waals surface area contributed by atoms with Crippen molar-refractivity contribution in [2.75, 3.05) is 19.4 Å². The lowest BCUT2D eigenvalue weighted by atomic mass is 10.3. The summed E-state index contributed by atoms with van der Waals surface area (Å²) in [7, 11) is 1.67. The Labute approximate surface area is 66.6 Å². The smallest absolute Gasteiger partial charge is 0.0754 e. The van der Waals surface area contributed by atoms with Gasteiger partial charge in [-0.1, -0.05) is 23.8 Å². The summed E-state index contributed by atoms with van der Waals surface area (Å²) < 4.78 is 5.21. The van der Waals surface area contributed by atoms with Crippen LogP contribution in [0.1, 0.15) is 0 Å². The zero-order valence-electron chi connectivity index (χ0n) is 5.83. The molecule has 10 heavy (non-hydrogen) atoms. The van der Waals surface area contributed by atoms with Gasteiger partial charge < -0.3 is 4.52 Å². The predicted molar refractivity (Wildman–Crippen MR) is 47.9 cm³/mol. The first-order valence-corrected chi connectivity index (χ1v) is 6.09. The van der Waals surface area contributed by atoms with Crippen LogP contribution < -0.4 is 0 Å². The van der Waals surface area contributed by atoms with E-state index in [1.807, 2.05) is 6.08 Å². The van der Waals surface area contributed by atoms with E-state index in [4.69, 9.17) is 22.8 Å². The SMILES string of the molecule is C#CC1=CCP(=S)(OC)C1. The van der Waals surface area contributed by atoms with Crippen molar-refractivity contribution in [1.82, 2.24) is 0 Å². The molecule has 0 spiro atoms. The average Bonchev–Trinajstić information content (AvgIpc) is 2.33. The van der Waals surface area contributed by atoms with Gasteiger partial charge in [0.1, 0.15) is 0 Å². The molecule has 0 aromatic heterocycles. The van der Waals surface area contributed by atoms with E-state index in [0.717, 1.165) is 17.9 Å². The molecule has 1 aliphatic heterocycles. The van der Waals surface area contributed by atoms with E-state index >= 15 is 0 Å². The van der Waals surface area contributed by atoms with Gasteiger partial charge in [0.05, 0.1) is 6.26 Å². The zero-order valence-corrected chi connectivity index (χ0v) is 7.54. The molecule has 1 unspecified atom stereocenters. The molecule has 0 saturated carbocycles. The van der Waals surface area contributed by atoms with Crippen molar-refractivity contribution in [2.45, 2.75) is 0 Å². The van der Waals surface area contributed by atoms with Crippen LogP contribution in [0.3, 0.4) is 0 Å². The maximum atomic E-state index is 5.25. The fourth-order valence-corrected chi connectivity index (χ4v) is 3.17. The van der Waals surface area contributed by atoms with Gasteiger partial charge >= 0.3 is 0 Å².